The van der Waals surface area contributed by atoms with E-state index in [4.69, 9.17) is 4.74 Å². The predicted molar refractivity (Wildman–Crippen MR) is 106 cm³/mol. The lowest BCUT2D eigenvalue weighted by molar-refractivity contribution is -0.0231. The quantitative estimate of drug-likeness (QED) is 0.732. The van der Waals surface area contributed by atoms with Crippen LogP contribution in [0.25, 0.3) is 5.65 Å². The van der Waals surface area contributed by atoms with E-state index in [1.807, 2.05) is 6.92 Å². The van der Waals surface area contributed by atoms with Crippen LogP contribution in [-0.2, 0) is 0 Å². The number of benzene rings is 1. The zero-order valence-corrected chi connectivity index (χ0v) is 16.5. The Morgan fingerprint density at radius 2 is 1.83 bits per heavy atom. The van der Waals surface area contributed by atoms with Gasteiger partial charge < -0.3 is 14.7 Å². The van der Waals surface area contributed by atoms with Gasteiger partial charge in [0.1, 0.15) is 24.0 Å². The molecule has 0 spiro atoms. The van der Waals surface area contributed by atoms with Gasteiger partial charge in [0.05, 0.1) is 17.5 Å². The molecule has 0 amide bonds. The molecule has 0 radical (unpaired) electrons. The van der Waals surface area contributed by atoms with E-state index in [0.717, 1.165) is 42.1 Å². The van der Waals surface area contributed by atoms with Crippen LogP contribution >= 0.6 is 0 Å². The van der Waals surface area contributed by atoms with Gasteiger partial charge in [0.25, 0.3) is 0 Å². The van der Waals surface area contributed by atoms with Crippen molar-refractivity contribution in [2.75, 3.05) is 18.0 Å². The van der Waals surface area contributed by atoms with Gasteiger partial charge in [-0.2, -0.15) is 9.61 Å². The fourth-order valence-corrected chi connectivity index (χ4v) is 4.80. The number of aryl methyl sites for hydroxylation is 1. The number of rotatable bonds is 3. The van der Waals surface area contributed by atoms with Crippen molar-refractivity contribution >= 4 is 11.3 Å². The van der Waals surface area contributed by atoms with Crippen LogP contribution in [0.1, 0.15) is 24.1 Å². The summed E-state index contributed by atoms with van der Waals surface area (Å²) in [4.78, 5) is 2.36. The molecular weight excluding hydrogens is 373 g/mol. The predicted octanol–water partition coefficient (Wildman–Crippen LogP) is 2.53. The normalized spacial score (nSPS) is 26.7. The number of aromatic nitrogens is 4. The number of hydrogen-bond donors (Lipinski definition) is 1. The van der Waals surface area contributed by atoms with Gasteiger partial charge in [0.15, 0.2) is 0 Å². The van der Waals surface area contributed by atoms with Crippen molar-refractivity contribution in [3.8, 4) is 5.75 Å². The molecule has 1 aliphatic carbocycles. The molecule has 152 valence electrons. The van der Waals surface area contributed by atoms with Gasteiger partial charge in [-0.1, -0.05) is 0 Å². The molecule has 2 fully saturated rings. The zero-order valence-electron chi connectivity index (χ0n) is 16.5. The van der Waals surface area contributed by atoms with E-state index >= 15 is 0 Å². The summed E-state index contributed by atoms with van der Waals surface area (Å²) in [6, 6.07) is 5.98. The van der Waals surface area contributed by atoms with Gasteiger partial charge in [0.2, 0.25) is 5.65 Å². The highest BCUT2D eigenvalue weighted by molar-refractivity contribution is 5.73. The summed E-state index contributed by atoms with van der Waals surface area (Å²) >= 11 is 0. The van der Waals surface area contributed by atoms with Crippen LogP contribution < -0.4 is 9.64 Å². The molecule has 29 heavy (non-hydrogen) atoms. The molecule has 0 bridgehead atoms. The number of aliphatic hydroxyl groups is 1. The Kier molecular flexibility index (Phi) is 4.38. The van der Waals surface area contributed by atoms with Crippen LogP contribution in [0.4, 0.5) is 10.1 Å². The lowest BCUT2D eigenvalue weighted by Crippen LogP contribution is -2.42. The molecule has 0 unspecified atom stereocenters. The molecule has 2 aliphatic rings. The van der Waals surface area contributed by atoms with Crippen molar-refractivity contribution in [2.24, 2.45) is 11.8 Å². The lowest BCUT2D eigenvalue weighted by Gasteiger charge is -2.35. The summed E-state index contributed by atoms with van der Waals surface area (Å²) in [6.07, 6.45) is 2.28. The second-order valence-electron chi connectivity index (χ2n) is 8.23. The minimum atomic E-state index is -0.533. The number of fused-ring (bicyclic) bond motifs is 2. The van der Waals surface area contributed by atoms with Crippen molar-refractivity contribution < 1.29 is 14.2 Å². The van der Waals surface area contributed by atoms with Crippen molar-refractivity contribution in [3.05, 3.63) is 47.7 Å². The summed E-state index contributed by atoms with van der Waals surface area (Å²) in [5.74, 6) is 1.11. The number of nitrogens with zero attached hydrogens (tertiary/aromatic N) is 5. The fourth-order valence-electron chi connectivity index (χ4n) is 4.80. The molecule has 1 aromatic carbocycles. The second-order valence-corrected chi connectivity index (χ2v) is 8.23. The van der Waals surface area contributed by atoms with E-state index in [-0.39, 0.29) is 11.9 Å². The third kappa shape index (κ3) is 3.21. The molecule has 3 heterocycles. The molecule has 2 aromatic heterocycles. The molecular formula is C21H24FN5O2. The molecule has 1 saturated carbocycles. The first-order valence-corrected chi connectivity index (χ1v) is 10.0. The summed E-state index contributed by atoms with van der Waals surface area (Å²) < 4.78 is 20.9. The van der Waals surface area contributed by atoms with E-state index < -0.39 is 6.10 Å². The Bertz CT molecular complexity index is 1040. The summed E-state index contributed by atoms with van der Waals surface area (Å²) in [6.45, 7) is 5.83. The maximum Gasteiger partial charge on any atom is 0.201 e. The van der Waals surface area contributed by atoms with Gasteiger partial charge in [-0.25, -0.2) is 4.39 Å². The average Bonchev–Trinajstić information content (AvgIpc) is 3.31. The molecule has 1 N–H and O–H groups in total. The molecule has 7 nitrogen and oxygen atoms in total. The van der Waals surface area contributed by atoms with Gasteiger partial charge in [-0.15, -0.1) is 10.2 Å². The van der Waals surface area contributed by atoms with Crippen LogP contribution in [0.5, 0.6) is 5.75 Å². The third-order valence-electron chi connectivity index (χ3n) is 6.40. The maximum atomic E-state index is 13.1. The Hall–Kier alpha value is -2.74. The molecule has 8 heteroatoms. The summed E-state index contributed by atoms with van der Waals surface area (Å²) in [5.41, 5.74) is 3.92. The smallest absolute Gasteiger partial charge is 0.201 e. The van der Waals surface area contributed by atoms with Crippen molar-refractivity contribution in [2.45, 2.75) is 38.9 Å². The van der Waals surface area contributed by atoms with Crippen LogP contribution in [-0.4, -0.2) is 50.2 Å². The van der Waals surface area contributed by atoms with E-state index in [0.29, 0.717) is 24.0 Å². The summed E-state index contributed by atoms with van der Waals surface area (Å²) in [7, 11) is 0. The van der Waals surface area contributed by atoms with Gasteiger partial charge >= 0.3 is 0 Å². The highest BCUT2D eigenvalue weighted by atomic mass is 19.1. The van der Waals surface area contributed by atoms with E-state index in [9.17, 15) is 9.50 Å². The molecule has 5 rings (SSSR count). The number of halogens is 1. The Morgan fingerprint density at radius 1 is 1.10 bits per heavy atom. The van der Waals surface area contributed by atoms with Crippen LogP contribution in [0.3, 0.4) is 0 Å². The Morgan fingerprint density at radius 3 is 2.59 bits per heavy atom. The highest BCUT2D eigenvalue weighted by Crippen LogP contribution is 2.41. The maximum absolute atomic E-state index is 13.1. The minimum Gasteiger partial charge on any atom is -0.488 e. The lowest BCUT2D eigenvalue weighted by atomic mass is 9.78. The first kappa shape index (κ1) is 18.3. The van der Waals surface area contributed by atoms with Crippen molar-refractivity contribution in [1.82, 2.24) is 19.8 Å². The standard InChI is InChI=1S/C21H24FN5O2/c1-12-13(2)25-27-11-23-24-21(27)20(12)26-9-14-7-18(28)19(8-15(14)10-26)29-17-5-3-16(22)4-6-17/h3-6,11,14-15,18-19,28H,7-10H2,1-2H3/t14-,15+,18+,19+/m0/s1. The number of anilines is 1. The van der Waals surface area contributed by atoms with E-state index in [1.54, 1.807) is 23.0 Å². The monoisotopic (exact) mass is 397 g/mol. The average molecular weight is 397 g/mol. The third-order valence-corrected chi connectivity index (χ3v) is 6.40. The summed E-state index contributed by atoms with van der Waals surface area (Å²) in [5, 5.41) is 23.5. The number of ether oxygens (including phenoxy) is 1. The Balaban J connectivity index is 1.37. The molecule has 1 saturated heterocycles. The number of aliphatic hydroxyl groups excluding tert-OH is 1. The Labute approximate surface area is 168 Å². The highest BCUT2D eigenvalue weighted by Gasteiger charge is 2.43. The zero-order chi connectivity index (χ0) is 20.1. The first-order valence-electron chi connectivity index (χ1n) is 10.0. The van der Waals surface area contributed by atoms with Crippen LogP contribution in [0.15, 0.2) is 30.6 Å². The first-order chi connectivity index (χ1) is 14.0. The van der Waals surface area contributed by atoms with E-state index in [2.05, 4.69) is 27.1 Å². The fraction of sp³-hybridized carbons (Fsp3) is 0.476. The topological polar surface area (TPSA) is 75.8 Å². The number of hydrogen-bond acceptors (Lipinski definition) is 6. The van der Waals surface area contributed by atoms with Crippen LogP contribution in [0, 0.1) is 31.5 Å². The second kappa shape index (κ2) is 6.95. The van der Waals surface area contributed by atoms with E-state index in [1.165, 1.54) is 12.1 Å². The van der Waals surface area contributed by atoms with Gasteiger partial charge in [-0.05, 0) is 68.4 Å². The van der Waals surface area contributed by atoms with Crippen LogP contribution in [0.2, 0.25) is 0 Å². The minimum absolute atomic E-state index is 0.282. The van der Waals surface area contributed by atoms with Gasteiger partial charge in [0, 0.05) is 13.1 Å². The SMILES string of the molecule is Cc1nn2cnnc2c(N2C[C@H]3C[C@@H](Oc4ccc(F)cc4)[C@H](O)C[C@H]3C2)c1C. The molecule has 3 aromatic rings. The molecule has 1 aliphatic heterocycles. The van der Waals surface area contributed by atoms with Crippen molar-refractivity contribution in [1.29, 1.82) is 0 Å². The van der Waals surface area contributed by atoms with Crippen molar-refractivity contribution in [3.63, 3.8) is 0 Å². The van der Waals surface area contributed by atoms with Gasteiger partial charge in [-0.3, -0.25) is 0 Å². The largest absolute Gasteiger partial charge is 0.488 e. The molecule has 4 atom stereocenters.